The Morgan fingerprint density at radius 2 is 1.69 bits per heavy atom. The summed E-state index contributed by atoms with van der Waals surface area (Å²) in [4.78, 5) is 23.4. The third-order valence-electron chi connectivity index (χ3n) is 3.54. The van der Waals surface area contributed by atoms with Gasteiger partial charge in [0.1, 0.15) is 5.82 Å². The summed E-state index contributed by atoms with van der Waals surface area (Å²) in [7, 11) is 0.715. The van der Waals surface area contributed by atoms with Crippen LogP contribution in [-0.2, 0) is 15.1 Å². The van der Waals surface area contributed by atoms with E-state index in [9.17, 15) is 32.3 Å². The highest BCUT2D eigenvalue weighted by atomic mass is 19.4. The van der Waals surface area contributed by atoms with Crippen LogP contribution in [0.1, 0.15) is 15.9 Å². The highest BCUT2D eigenvalue weighted by Gasteiger charge is 2.62. The van der Waals surface area contributed by atoms with E-state index >= 15 is 0 Å². The molecule has 2 N–H and O–H groups in total. The summed E-state index contributed by atoms with van der Waals surface area (Å²) in [6, 6.07) is 8.59. The molecule has 0 saturated heterocycles. The van der Waals surface area contributed by atoms with Crippen molar-refractivity contribution in [2.75, 3.05) is 12.4 Å². The van der Waals surface area contributed by atoms with Crippen LogP contribution in [0.15, 0.2) is 48.5 Å². The lowest BCUT2D eigenvalue weighted by Crippen LogP contribution is -2.49. The lowest BCUT2D eigenvalue weighted by atomic mass is 9.93. The average molecular weight is 371 g/mol. The van der Waals surface area contributed by atoms with E-state index in [1.165, 1.54) is 12.1 Å². The molecular formula is C17H13F4NO4. The number of esters is 1. The molecule has 2 rings (SSSR count). The molecule has 0 aliphatic rings. The summed E-state index contributed by atoms with van der Waals surface area (Å²) in [5.41, 5.74) is -4.53. The van der Waals surface area contributed by atoms with Gasteiger partial charge in [-0.05, 0) is 30.3 Å². The van der Waals surface area contributed by atoms with E-state index in [2.05, 4.69) is 10.1 Å². The van der Waals surface area contributed by atoms with E-state index in [1.807, 2.05) is 0 Å². The standard InChI is InChI=1S/C17H13F4NO4/c1-26-15(24)16(25,17(19,20)21)11-5-7-13(8-6-11)22-14(23)10-3-2-4-12(18)9-10/h2-9,25H,1H3,(H,22,23). The first-order valence-corrected chi connectivity index (χ1v) is 7.14. The van der Waals surface area contributed by atoms with Gasteiger partial charge in [-0.25, -0.2) is 9.18 Å². The Morgan fingerprint density at radius 1 is 1.08 bits per heavy atom. The fourth-order valence-electron chi connectivity index (χ4n) is 2.17. The number of hydrogen-bond acceptors (Lipinski definition) is 4. The van der Waals surface area contributed by atoms with Gasteiger partial charge in [0.25, 0.3) is 11.5 Å². The van der Waals surface area contributed by atoms with Crippen LogP contribution in [0, 0.1) is 5.82 Å². The molecule has 0 bridgehead atoms. The molecule has 0 fully saturated rings. The number of aliphatic hydroxyl groups is 1. The molecular weight excluding hydrogens is 358 g/mol. The van der Waals surface area contributed by atoms with E-state index in [0.29, 0.717) is 7.11 Å². The molecule has 138 valence electrons. The second-order valence-electron chi connectivity index (χ2n) is 5.24. The van der Waals surface area contributed by atoms with Crippen LogP contribution in [-0.4, -0.2) is 30.3 Å². The second kappa shape index (κ2) is 7.12. The molecule has 26 heavy (non-hydrogen) atoms. The molecule has 2 aromatic rings. The van der Waals surface area contributed by atoms with Crippen LogP contribution in [0.4, 0.5) is 23.2 Å². The SMILES string of the molecule is COC(=O)C(O)(c1ccc(NC(=O)c2cccc(F)c2)cc1)C(F)(F)F. The number of alkyl halides is 3. The minimum atomic E-state index is -5.31. The Balaban J connectivity index is 2.27. The number of ether oxygens (including phenoxy) is 1. The molecule has 0 aromatic heterocycles. The maximum absolute atomic E-state index is 13.1. The van der Waals surface area contributed by atoms with Crippen molar-refractivity contribution in [2.45, 2.75) is 11.8 Å². The lowest BCUT2D eigenvalue weighted by molar-refractivity contribution is -0.266. The molecule has 0 heterocycles. The number of methoxy groups -OCH3 is 1. The number of rotatable bonds is 4. The van der Waals surface area contributed by atoms with Crippen LogP contribution >= 0.6 is 0 Å². The molecule has 0 aliphatic heterocycles. The van der Waals surface area contributed by atoms with E-state index < -0.39 is 35.0 Å². The predicted molar refractivity (Wildman–Crippen MR) is 82.8 cm³/mol. The van der Waals surface area contributed by atoms with Crippen LogP contribution in [0.5, 0.6) is 0 Å². The van der Waals surface area contributed by atoms with E-state index in [0.717, 1.165) is 36.4 Å². The lowest BCUT2D eigenvalue weighted by Gasteiger charge is -2.28. The zero-order valence-electron chi connectivity index (χ0n) is 13.3. The fourth-order valence-corrected chi connectivity index (χ4v) is 2.17. The maximum atomic E-state index is 13.1. The summed E-state index contributed by atoms with van der Waals surface area (Å²) in [6.07, 6.45) is -5.31. The number of nitrogens with one attached hydrogen (secondary N) is 1. The molecule has 0 radical (unpaired) electrons. The zero-order valence-corrected chi connectivity index (χ0v) is 13.3. The van der Waals surface area contributed by atoms with Crippen molar-refractivity contribution >= 4 is 17.6 Å². The van der Waals surface area contributed by atoms with Crippen LogP contribution in [0.2, 0.25) is 0 Å². The summed E-state index contributed by atoms with van der Waals surface area (Å²) in [5, 5.41) is 12.2. The molecule has 1 unspecified atom stereocenters. The predicted octanol–water partition coefficient (Wildman–Crippen LogP) is 3.00. The number of anilines is 1. The van der Waals surface area contributed by atoms with Crippen molar-refractivity contribution in [1.82, 2.24) is 0 Å². The minimum Gasteiger partial charge on any atom is -0.466 e. The Kier molecular flexibility index (Phi) is 5.31. The van der Waals surface area contributed by atoms with Crippen LogP contribution < -0.4 is 5.32 Å². The first kappa shape index (κ1) is 19.4. The van der Waals surface area contributed by atoms with Crippen molar-refractivity contribution in [3.8, 4) is 0 Å². The van der Waals surface area contributed by atoms with Gasteiger partial charge in [0.2, 0.25) is 0 Å². The molecule has 1 amide bonds. The van der Waals surface area contributed by atoms with E-state index in [1.54, 1.807) is 0 Å². The number of halogens is 4. The number of amides is 1. The molecule has 0 spiro atoms. The molecule has 5 nitrogen and oxygen atoms in total. The van der Waals surface area contributed by atoms with Crippen molar-refractivity contribution in [3.63, 3.8) is 0 Å². The van der Waals surface area contributed by atoms with Gasteiger partial charge in [-0.15, -0.1) is 0 Å². The second-order valence-corrected chi connectivity index (χ2v) is 5.24. The Hall–Kier alpha value is -2.94. The summed E-state index contributed by atoms with van der Waals surface area (Å²) >= 11 is 0. The van der Waals surface area contributed by atoms with Gasteiger partial charge in [0.15, 0.2) is 0 Å². The molecule has 0 aliphatic carbocycles. The molecule has 2 aromatic carbocycles. The highest BCUT2D eigenvalue weighted by molar-refractivity contribution is 6.04. The molecule has 9 heteroatoms. The van der Waals surface area contributed by atoms with Crippen molar-refractivity contribution < 1.29 is 37.0 Å². The van der Waals surface area contributed by atoms with E-state index in [4.69, 9.17) is 0 Å². The van der Waals surface area contributed by atoms with Gasteiger partial charge in [-0.1, -0.05) is 18.2 Å². The summed E-state index contributed by atoms with van der Waals surface area (Å²) in [5.74, 6) is -3.20. The van der Waals surface area contributed by atoms with Crippen LogP contribution in [0.25, 0.3) is 0 Å². The minimum absolute atomic E-state index is 0.00966. The van der Waals surface area contributed by atoms with Gasteiger partial charge in [0.05, 0.1) is 7.11 Å². The zero-order chi connectivity index (χ0) is 19.5. The highest BCUT2D eigenvalue weighted by Crippen LogP contribution is 2.40. The third kappa shape index (κ3) is 3.67. The van der Waals surface area contributed by atoms with Gasteiger partial charge in [0, 0.05) is 16.8 Å². The number of carbonyl (C=O) groups is 2. The Morgan fingerprint density at radius 3 is 2.19 bits per heavy atom. The largest absolute Gasteiger partial charge is 0.466 e. The first-order chi connectivity index (χ1) is 12.1. The van der Waals surface area contributed by atoms with Crippen LogP contribution in [0.3, 0.4) is 0 Å². The number of carbonyl (C=O) groups excluding carboxylic acids is 2. The third-order valence-corrected chi connectivity index (χ3v) is 3.54. The topological polar surface area (TPSA) is 75.6 Å². The van der Waals surface area contributed by atoms with Gasteiger partial charge >= 0.3 is 12.1 Å². The van der Waals surface area contributed by atoms with Gasteiger partial charge in [-0.3, -0.25) is 4.79 Å². The Labute approximate surface area is 145 Å². The summed E-state index contributed by atoms with van der Waals surface area (Å²) < 4.78 is 56.6. The monoisotopic (exact) mass is 371 g/mol. The normalized spacial score (nSPS) is 13.6. The van der Waals surface area contributed by atoms with Gasteiger partial charge < -0.3 is 15.2 Å². The fraction of sp³-hybridized carbons (Fsp3) is 0.176. The van der Waals surface area contributed by atoms with Crippen molar-refractivity contribution in [3.05, 3.63) is 65.5 Å². The molecule has 1 atom stereocenters. The molecule has 0 saturated carbocycles. The summed E-state index contributed by atoms with van der Waals surface area (Å²) in [6.45, 7) is 0. The smallest absolute Gasteiger partial charge is 0.432 e. The number of hydrogen-bond donors (Lipinski definition) is 2. The first-order valence-electron chi connectivity index (χ1n) is 7.14. The maximum Gasteiger partial charge on any atom is 0.432 e. The van der Waals surface area contributed by atoms with E-state index in [-0.39, 0.29) is 11.3 Å². The average Bonchev–Trinajstić information content (AvgIpc) is 2.60. The van der Waals surface area contributed by atoms with Gasteiger partial charge in [-0.2, -0.15) is 13.2 Å². The Bertz CT molecular complexity index is 820. The van der Waals surface area contributed by atoms with Crippen molar-refractivity contribution in [2.24, 2.45) is 0 Å². The quantitative estimate of drug-likeness (QED) is 0.640. The van der Waals surface area contributed by atoms with Crippen molar-refractivity contribution in [1.29, 1.82) is 0 Å². The number of benzene rings is 2.